The number of alkyl halides is 1. The number of ether oxygens (including phenoxy) is 1. The minimum atomic E-state index is -0.454. The first-order valence-corrected chi connectivity index (χ1v) is 12.3. The van der Waals surface area contributed by atoms with Crippen LogP contribution in [0.2, 0.25) is 10.0 Å². The van der Waals surface area contributed by atoms with E-state index in [1.807, 2.05) is 18.2 Å². The Balaban J connectivity index is 1.52. The van der Waals surface area contributed by atoms with Gasteiger partial charge in [0, 0.05) is 38.4 Å². The van der Waals surface area contributed by atoms with E-state index in [0.29, 0.717) is 27.9 Å². The summed E-state index contributed by atoms with van der Waals surface area (Å²) in [6, 6.07) is 8.98. The van der Waals surface area contributed by atoms with Crippen molar-refractivity contribution in [2.24, 2.45) is 11.8 Å². The number of aliphatic hydroxyl groups is 2. The summed E-state index contributed by atoms with van der Waals surface area (Å²) < 4.78 is 4.95. The van der Waals surface area contributed by atoms with E-state index in [4.69, 9.17) is 44.6 Å². The maximum atomic E-state index is 11.9. The summed E-state index contributed by atoms with van der Waals surface area (Å²) in [5, 5.41) is 23.7. The molecular weight excluding hydrogens is 481 g/mol. The molecule has 1 aromatic heterocycles. The number of thiophene rings is 1. The van der Waals surface area contributed by atoms with Crippen molar-refractivity contribution in [1.29, 1.82) is 0 Å². The molecule has 5 nitrogen and oxygen atoms in total. The lowest BCUT2D eigenvalue weighted by atomic mass is 9.89. The van der Waals surface area contributed by atoms with Gasteiger partial charge in [-0.25, -0.2) is 4.79 Å². The Morgan fingerprint density at radius 1 is 1.19 bits per heavy atom. The summed E-state index contributed by atoms with van der Waals surface area (Å²) in [6.07, 6.45) is 2.75. The Kier molecular flexibility index (Phi) is 9.32. The van der Waals surface area contributed by atoms with Crippen molar-refractivity contribution in [3.63, 3.8) is 0 Å². The second-order valence-corrected chi connectivity index (χ2v) is 10.3. The van der Waals surface area contributed by atoms with Crippen LogP contribution in [0, 0.1) is 11.8 Å². The summed E-state index contributed by atoms with van der Waals surface area (Å²) >= 11 is 20.1. The van der Waals surface area contributed by atoms with Crippen LogP contribution in [0.15, 0.2) is 30.3 Å². The van der Waals surface area contributed by atoms with Crippen LogP contribution in [-0.2, 0) is 11.2 Å². The van der Waals surface area contributed by atoms with E-state index in [2.05, 4.69) is 5.32 Å². The number of anilines is 1. The van der Waals surface area contributed by atoms with Crippen molar-refractivity contribution in [3.05, 3.63) is 50.1 Å². The molecule has 0 aliphatic heterocycles. The summed E-state index contributed by atoms with van der Waals surface area (Å²) in [7, 11) is 0. The minimum Gasteiger partial charge on any atom is -0.459 e. The topological polar surface area (TPSA) is 78.8 Å². The lowest BCUT2D eigenvalue weighted by Gasteiger charge is -2.24. The molecule has 2 aromatic rings. The molecule has 9 heteroatoms. The molecule has 1 aromatic carbocycles. The molecule has 0 spiro atoms. The van der Waals surface area contributed by atoms with Gasteiger partial charge in [0.1, 0.15) is 11.5 Å². The quantitative estimate of drug-likeness (QED) is 0.303. The monoisotopic (exact) mass is 505 g/mol. The number of carbonyl (C=O) groups is 1. The molecular formula is C22H26Cl3NO4S. The van der Waals surface area contributed by atoms with Gasteiger partial charge in [0.25, 0.3) is 0 Å². The third kappa shape index (κ3) is 6.98. The number of nitrogens with one attached hydrogen (secondary N) is 1. The maximum absolute atomic E-state index is 11.9. The van der Waals surface area contributed by atoms with Gasteiger partial charge in [-0.05, 0) is 61.9 Å². The van der Waals surface area contributed by atoms with Crippen LogP contribution in [0.3, 0.4) is 0 Å². The first kappa shape index (κ1) is 24.6. The third-order valence-electron chi connectivity index (χ3n) is 5.53. The van der Waals surface area contributed by atoms with E-state index in [-0.39, 0.29) is 30.4 Å². The third-order valence-corrected chi connectivity index (χ3v) is 7.59. The molecule has 0 radical (unpaired) electrons. The van der Waals surface area contributed by atoms with Crippen molar-refractivity contribution in [2.75, 3.05) is 25.1 Å². The molecule has 170 valence electrons. The van der Waals surface area contributed by atoms with E-state index >= 15 is 0 Å². The van der Waals surface area contributed by atoms with E-state index in [1.54, 1.807) is 12.1 Å². The first-order chi connectivity index (χ1) is 14.9. The van der Waals surface area contributed by atoms with E-state index in [9.17, 15) is 9.90 Å². The van der Waals surface area contributed by atoms with Crippen molar-refractivity contribution in [2.45, 2.75) is 37.2 Å². The Labute approximate surface area is 201 Å². The van der Waals surface area contributed by atoms with Gasteiger partial charge in [-0.15, -0.1) is 22.9 Å². The highest BCUT2D eigenvalue weighted by Gasteiger charge is 2.40. The number of rotatable bonds is 10. The number of aryl methyl sites for hydroxylation is 1. The van der Waals surface area contributed by atoms with Gasteiger partial charge in [-0.2, -0.15) is 0 Å². The van der Waals surface area contributed by atoms with Crippen molar-refractivity contribution in [1.82, 2.24) is 0 Å². The van der Waals surface area contributed by atoms with Crippen LogP contribution >= 0.6 is 46.1 Å². The van der Waals surface area contributed by atoms with Crippen LogP contribution in [0.1, 0.15) is 33.8 Å². The molecule has 0 amide bonds. The lowest BCUT2D eigenvalue weighted by Crippen LogP contribution is -2.28. The number of halogens is 3. The van der Waals surface area contributed by atoms with Gasteiger partial charge in [-0.1, -0.05) is 23.2 Å². The number of benzene rings is 1. The highest BCUT2D eigenvalue weighted by molar-refractivity contribution is 7.13. The molecule has 1 saturated carbocycles. The standard InChI is InChI=1S/C22H26Cl3NO4S/c23-13-8-14(24)10-15(9-13)26-12-18-17(19(25)11-20(18)28)3-1-2-16-4-5-21(31-16)22(29)30-7-6-27/h4-5,8-10,17-20,26-28H,1-3,6-7,11-12H2/t17-,18-,19-,20-/m1/s1. The molecule has 0 unspecified atom stereocenters. The predicted molar refractivity (Wildman–Crippen MR) is 127 cm³/mol. The van der Waals surface area contributed by atoms with E-state index < -0.39 is 12.1 Å². The first-order valence-electron chi connectivity index (χ1n) is 10.3. The van der Waals surface area contributed by atoms with Crippen LogP contribution in [0.4, 0.5) is 5.69 Å². The second-order valence-electron chi connectivity index (χ2n) is 7.70. The summed E-state index contributed by atoms with van der Waals surface area (Å²) in [6.45, 7) is 0.409. The summed E-state index contributed by atoms with van der Waals surface area (Å²) in [5.74, 6) is -0.183. The van der Waals surface area contributed by atoms with E-state index in [1.165, 1.54) is 11.3 Å². The summed E-state index contributed by atoms with van der Waals surface area (Å²) in [4.78, 5) is 13.5. The average Bonchev–Trinajstić information content (AvgIpc) is 3.28. The molecule has 3 N–H and O–H groups in total. The van der Waals surface area contributed by atoms with Gasteiger partial charge in [0.15, 0.2) is 0 Å². The molecule has 0 saturated heterocycles. The zero-order valence-electron chi connectivity index (χ0n) is 16.9. The number of hydrogen-bond donors (Lipinski definition) is 3. The molecule has 31 heavy (non-hydrogen) atoms. The van der Waals surface area contributed by atoms with Crippen LogP contribution in [0.25, 0.3) is 0 Å². The smallest absolute Gasteiger partial charge is 0.348 e. The molecule has 1 aliphatic rings. The largest absolute Gasteiger partial charge is 0.459 e. The fourth-order valence-electron chi connectivity index (χ4n) is 4.05. The highest BCUT2D eigenvalue weighted by Crippen LogP contribution is 2.39. The van der Waals surface area contributed by atoms with Gasteiger partial charge >= 0.3 is 5.97 Å². The number of hydrogen-bond acceptors (Lipinski definition) is 6. The van der Waals surface area contributed by atoms with Crippen molar-refractivity contribution in [3.8, 4) is 0 Å². The summed E-state index contributed by atoms with van der Waals surface area (Å²) in [5.41, 5.74) is 0.820. The van der Waals surface area contributed by atoms with Crippen LogP contribution < -0.4 is 5.32 Å². The molecule has 0 bridgehead atoms. The second kappa shape index (κ2) is 11.7. The van der Waals surface area contributed by atoms with Crippen molar-refractivity contribution >= 4 is 57.8 Å². The number of esters is 1. The SMILES string of the molecule is O=C(OCCO)c1ccc(CCC[C@@H]2[C@@H](CNc3cc(Cl)cc(Cl)c3)[C@H](O)C[C@H]2Cl)s1. The molecule has 3 rings (SSSR count). The minimum absolute atomic E-state index is 0.00397. The fourth-order valence-corrected chi connectivity index (χ4v) is 6.02. The lowest BCUT2D eigenvalue weighted by molar-refractivity contribution is 0.0439. The van der Waals surface area contributed by atoms with Crippen molar-refractivity contribution < 1.29 is 19.7 Å². The van der Waals surface area contributed by atoms with Crippen LogP contribution in [0.5, 0.6) is 0 Å². The average molecular weight is 507 g/mol. The molecule has 1 heterocycles. The Morgan fingerprint density at radius 3 is 2.65 bits per heavy atom. The predicted octanol–water partition coefficient (Wildman–Crippen LogP) is 5.24. The fraction of sp³-hybridized carbons (Fsp3) is 0.500. The zero-order chi connectivity index (χ0) is 22.4. The zero-order valence-corrected chi connectivity index (χ0v) is 20.0. The van der Waals surface area contributed by atoms with E-state index in [0.717, 1.165) is 29.8 Å². The van der Waals surface area contributed by atoms with Gasteiger partial charge in [-0.3, -0.25) is 0 Å². The molecule has 4 atom stereocenters. The molecule has 1 fully saturated rings. The normalized spacial score (nSPS) is 23.1. The van der Waals surface area contributed by atoms with Gasteiger partial charge in [0.05, 0.1) is 12.7 Å². The molecule has 1 aliphatic carbocycles. The van der Waals surface area contributed by atoms with Gasteiger partial charge in [0.2, 0.25) is 0 Å². The Morgan fingerprint density at radius 2 is 1.94 bits per heavy atom. The number of carbonyl (C=O) groups excluding carboxylic acids is 1. The van der Waals surface area contributed by atoms with Crippen LogP contribution in [-0.4, -0.2) is 47.4 Å². The maximum Gasteiger partial charge on any atom is 0.348 e. The highest BCUT2D eigenvalue weighted by atomic mass is 35.5. The number of aliphatic hydroxyl groups excluding tert-OH is 2. The van der Waals surface area contributed by atoms with Gasteiger partial charge < -0.3 is 20.3 Å². The Hall–Kier alpha value is -1.02. The Bertz CT molecular complexity index is 858.